The van der Waals surface area contributed by atoms with Crippen LogP contribution < -0.4 is 15.8 Å². The molecule has 0 heterocycles. The number of benzene rings is 1. The van der Waals surface area contributed by atoms with Crippen LogP contribution in [0.1, 0.15) is 32.3 Å². The van der Waals surface area contributed by atoms with Crippen LogP contribution >= 0.6 is 0 Å². The van der Waals surface area contributed by atoms with Gasteiger partial charge in [-0.15, -0.1) is 0 Å². The second kappa shape index (κ2) is 6.89. The summed E-state index contributed by atoms with van der Waals surface area (Å²) >= 11 is 0. The lowest BCUT2D eigenvalue weighted by Gasteiger charge is -2.17. The van der Waals surface area contributed by atoms with Gasteiger partial charge in [-0.25, -0.2) is 0 Å². The van der Waals surface area contributed by atoms with Crippen molar-refractivity contribution in [1.82, 2.24) is 5.32 Å². The molecule has 0 aromatic heterocycles. The van der Waals surface area contributed by atoms with E-state index >= 15 is 0 Å². The number of carbonyl (C=O) groups is 1. The van der Waals surface area contributed by atoms with Crippen molar-refractivity contribution in [2.24, 2.45) is 0 Å². The fraction of sp³-hybridized carbons (Fsp3) is 0.500. The summed E-state index contributed by atoms with van der Waals surface area (Å²) in [6.45, 7) is 6.41. The number of nitrogen functional groups attached to an aromatic ring is 1. The molecule has 0 spiro atoms. The predicted octanol–water partition coefficient (Wildman–Crippen LogP) is 2.26. The molecule has 4 nitrogen and oxygen atoms in total. The number of anilines is 1. The number of ether oxygens (including phenoxy) is 1. The molecule has 0 aliphatic heterocycles. The zero-order chi connectivity index (χ0) is 13.5. The third-order valence-electron chi connectivity index (χ3n) is 2.74. The minimum atomic E-state index is -0.537. The summed E-state index contributed by atoms with van der Waals surface area (Å²) < 4.78 is 5.63. The molecule has 1 aromatic rings. The van der Waals surface area contributed by atoms with Crippen LogP contribution in [0.4, 0.5) is 5.69 Å². The highest BCUT2D eigenvalue weighted by Gasteiger charge is 2.16. The van der Waals surface area contributed by atoms with Gasteiger partial charge in [0.25, 0.3) is 5.91 Å². The summed E-state index contributed by atoms with van der Waals surface area (Å²) in [4.78, 5) is 11.8. The van der Waals surface area contributed by atoms with Crippen molar-refractivity contribution in [3.63, 3.8) is 0 Å². The molecule has 0 aliphatic carbocycles. The first-order valence-corrected chi connectivity index (χ1v) is 6.35. The minimum absolute atomic E-state index is 0.105. The van der Waals surface area contributed by atoms with Crippen LogP contribution in [0.2, 0.25) is 0 Å². The van der Waals surface area contributed by atoms with Gasteiger partial charge in [0.2, 0.25) is 0 Å². The highest BCUT2D eigenvalue weighted by Crippen LogP contribution is 2.26. The van der Waals surface area contributed by atoms with E-state index in [1.165, 1.54) is 0 Å². The second-order valence-electron chi connectivity index (χ2n) is 4.40. The maximum atomic E-state index is 11.8. The molecule has 0 radical (unpaired) electrons. The predicted molar refractivity (Wildman–Crippen MR) is 73.6 cm³/mol. The smallest absolute Gasteiger partial charge is 0.260 e. The zero-order valence-electron chi connectivity index (χ0n) is 11.3. The third kappa shape index (κ3) is 3.95. The van der Waals surface area contributed by atoms with Crippen LogP contribution in [0.3, 0.4) is 0 Å². The van der Waals surface area contributed by atoms with E-state index in [1.54, 1.807) is 13.0 Å². The number of hydrogen-bond donors (Lipinski definition) is 2. The quantitative estimate of drug-likeness (QED) is 0.601. The Morgan fingerprint density at radius 3 is 2.83 bits per heavy atom. The number of hydrogen-bond acceptors (Lipinski definition) is 3. The lowest BCUT2D eigenvalue weighted by molar-refractivity contribution is -0.127. The van der Waals surface area contributed by atoms with E-state index in [1.807, 2.05) is 19.1 Å². The third-order valence-corrected chi connectivity index (χ3v) is 2.74. The van der Waals surface area contributed by atoms with Gasteiger partial charge in [0.1, 0.15) is 5.75 Å². The monoisotopic (exact) mass is 250 g/mol. The summed E-state index contributed by atoms with van der Waals surface area (Å²) in [7, 11) is 0. The molecule has 1 rings (SSSR count). The molecule has 3 N–H and O–H groups in total. The molecule has 1 amide bonds. The molecular weight excluding hydrogens is 228 g/mol. The Bertz CT molecular complexity index is 385. The molecule has 1 atom stereocenters. The summed E-state index contributed by atoms with van der Waals surface area (Å²) in [6, 6.07) is 5.54. The number of nitrogens with two attached hydrogens (primary N) is 1. The Morgan fingerprint density at radius 1 is 1.50 bits per heavy atom. The van der Waals surface area contributed by atoms with Crippen molar-refractivity contribution in [2.75, 3.05) is 12.3 Å². The molecular formula is C14H22N2O2. The Balaban J connectivity index is 2.58. The maximum Gasteiger partial charge on any atom is 0.260 e. The van der Waals surface area contributed by atoms with Crippen molar-refractivity contribution in [1.29, 1.82) is 0 Å². The van der Waals surface area contributed by atoms with Crippen LogP contribution in [0.25, 0.3) is 0 Å². The summed E-state index contributed by atoms with van der Waals surface area (Å²) in [6.07, 6.45) is 1.50. The van der Waals surface area contributed by atoms with E-state index < -0.39 is 6.10 Å². The number of aryl methyl sites for hydroxylation is 1. The number of nitrogens with one attached hydrogen (secondary N) is 1. The van der Waals surface area contributed by atoms with Crippen LogP contribution in [0.5, 0.6) is 5.75 Å². The van der Waals surface area contributed by atoms with Crippen molar-refractivity contribution in [2.45, 2.75) is 39.7 Å². The summed E-state index contributed by atoms with van der Waals surface area (Å²) in [5.41, 5.74) is 7.33. The topological polar surface area (TPSA) is 64.3 Å². The van der Waals surface area contributed by atoms with Gasteiger partial charge in [0, 0.05) is 6.54 Å². The number of amides is 1. The van der Waals surface area contributed by atoms with Gasteiger partial charge >= 0.3 is 0 Å². The molecule has 0 saturated heterocycles. The van der Waals surface area contributed by atoms with E-state index in [9.17, 15) is 4.79 Å². The van der Waals surface area contributed by atoms with Gasteiger partial charge in [-0.05, 0) is 31.9 Å². The molecule has 4 heteroatoms. The summed E-state index contributed by atoms with van der Waals surface area (Å²) in [5.74, 6) is 0.488. The fourth-order valence-corrected chi connectivity index (χ4v) is 1.60. The fourth-order valence-electron chi connectivity index (χ4n) is 1.60. The first kappa shape index (κ1) is 14.4. The molecule has 0 fully saturated rings. The lowest BCUT2D eigenvalue weighted by atomic mass is 10.2. The van der Waals surface area contributed by atoms with Gasteiger partial charge in [-0.1, -0.05) is 25.5 Å². The highest BCUT2D eigenvalue weighted by molar-refractivity contribution is 5.81. The average molecular weight is 250 g/mol. The van der Waals surface area contributed by atoms with Crippen LogP contribution in [-0.4, -0.2) is 18.6 Å². The number of unbranched alkanes of at least 4 members (excludes halogenated alkanes) is 1. The van der Waals surface area contributed by atoms with Crippen LogP contribution in [0.15, 0.2) is 18.2 Å². The van der Waals surface area contributed by atoms with Crippen molar-refractivity contribution in [3.8, 4) is 5.75 Å². The van der Waals surface area contributed by atoms with E-state index in [-0.39, 0.29) is 5.91 Å². The first-order valence-electron chi connectivity index (χ1n) is 6.35. The molecule has 0 saturated carbocycles. The van der Waals surface area contributed by atoms with E-state index in [2.05, 4.69) is 12.2 Å². The van der Waals surface area contributed by atoms with Crippen molar-refractivity contribution < 1.29 is 9.53 Å². The normalized spacial score (nSPS) is 11.9. The SMILES string of the molecule is CCCCNC(=O)C(C)Oc1c(C)cccc1N. The van der Waals surface area contributed by atoms with E-state index in [4.69, 9.17) is 10.5 Å². The minimum Gasteiger partial charge on any atom is -0.478 e. The first-order chi connectivity index (χ1) is 8.56. The van der Waals surface area contributed by atoms with Gasteiger partial charge in [-0.2, -0.15) is 0 Å². The number of para-hydroxylation sites is 1. The standard InChI is InChI=1S/C14H22N2O2/c1-4-5-9-16-14(17)11(3)18-13-10(2)7-6-8-12(13)15/h6-8,11H,4-5,9,15H2,1-3H3,(H,16,17). The highest BCUT2D eigenvalue weighted by atomic mass is 16.5. The van der Waals surface area contributed by atoms with Crippen molar-refractivity contribution in [3.05, 3.63) is 23.8 Å². The van der Waals surface area contributed by atoms with Gasteiger partial charge < -0.3 is 15.8 Å². The van der Waals surface area contributed by atoms with Crippen LogP contribution in [-0.2, 0) is 4.79 Å². The van der Waals surface area contributed by atoms with Crippen molar-refractivity contribution >= 4 is 11.6 Å². The molecule has 18 heavy (non-hydrogen) atoms. The van der Waals surface area contributed by atoms with E-state index in [0.29, 0.717) is 18.0 Å². The zero-order valence-corrected chi connectivity index (χ0v) is 11.3. The average Bonchev–Trinajstić information content (AvgIpc) is 2.34. The molecule has 1 unspecified atom stereocenters. The summed E-state index contributed by atoms with van der Waals surface area (Å²) in [5, 5.41) is 2.84. The maximum absolute atomic E-state index is 11.8. The second-order valence-corrected chi connectivity index (χ2v) is 4.40. The molecule has 0 aliphatic rings. The molecule has 0 bridgehead atoms. The Hall–Kier alpha value is -1.71. The lowest BCUT2D eigenvalue weighted by Crippen LogP contribution is -2.37. The van der Waals surface area contributed by atoms with Gasteiger partial charge in [0.15, 0.2) is 6.10 Å². The number of carbonyl (C=O) groups excluding carboxylic acids is 1. The Labute approximate surface area is 109 Å². The van der Waals surface area contributed by atoms with E-state index in [0.717, 1.165) is 18.4 Å². The Kier molecular flexibility index (Phi) is 5.49. The largest absolute Gasteiger partial charge is 0.478 e. The van der Waals surface area contributed by atoms with Gasteiger partial charge in [0.05, 0.1) is 5.69 Å². The van der Waals surface area contributed by atoms with Gasteiger partial charge in [-0.3, -0.25) is 4.79 Å². The van der Waals surface area contributed by atoms with Crippen LogP contribution in [0, 0.1) is 6.92 Å². The Morgan fingerprint density at radius 2 is 2.22 bits per heavy atom. The molecule has 1 aromatic carbocycles. The molecule has 100 valence electrons. The number of rotatable bonds is 6.